The third-order valence-corrected chi connectivity index (χ3v) is 2.37. The Morgan fingerprint density at radius 1 is 1.06 bits per heavy atom. The summed E-state index contributed by atoms with van der Waals surface area (Å²) in [6.45, 7) is 1.83. The molecule has 0 atom stereocenters. The van der Waals surface area contributed by atoms with Gasteiger partial charge in [0.25, 0.3) is 0 Å². The second-order valence-corrected chi connectivity index (χ2v) is 3.67. The molecule has 88 valence electrons. The predicted octanol–water partition coefficient (Wildman–Crippen LogP) is 3.65. The molecule has 0 aliphatic heterocycles. The number of hydrogen-bond donors (Lipinski definition) is 1. The topological polar surface area (TPSA) is 35.2 Å². The van der Waals surface area contributed by atoms with Gasteiger partial charge in [0.05, 0.1) is 0 Å². The van der Waals surface area contributed by atoms with Crippen LogP contribution >= 0.6 is 0 Å². The minimum absolute atomic E-state index is 0.0169. The first-order valence-corrected chi connectivity index (χ1v) is 5.06. The van der Waals surface area contributed by atoms with E-state index in [1.54, 1.807) is 12.1 Å². The number of aryl methyl sites for hydroxylation is 1. The summed E-state index contributed by atoms with van der Waals surface area (Å²) in [5.41, 5.74) is 6.14. The van der Waals surface area contributed by atoms with E-state index in [1.807, 2.05) is 19.1 Å². The van der Waals surface area contributed by atoms with E-state index in [2.05, 4.69) is 0 Å². The van der Waals surface area contributed by atoms with Crippen LogP contribution < -0.4 is 10.5 Å². The molecule has 0 unspecified atom stereocenters. The van der Waals surface area contributed by atoms with Gasteiger partial charge in [-0.1, -0.05) is 18.2 Å². The molecule has 0 saturated carbocycles. The zero-order valence-corrected chi connectivity index (χ0v) is 9.21. The molecular weight excluding hydrogens is 224 g/mol. The van der Waals surface area contributed by atoms with Crippen molar-refractivity contribution in [3.8, 4) is 11.5 Å². The van der Waals surface area contributed by atoms with Crippen molar-refractivity contribution in [2.45, 2.75) is 6.92 Å². The molecule has 0 heterocycles. The van der Waals surface area contributed by atoms with Gasteiger partial charge in [-0.25, -0.2) is 8.78 Å². The van der Waals surface area contributed by atoms with Crippen LogP contribution in [-0.2, 0) is 0 Å². The number of hydrogen-bond acceptors (Lipinski definition) is 2. The summed E-state index contributed by atoms with van der Waals surface area (Å²) in [5.74, 6) is -1.05. The fraction of sp³-hybridized carbons (Fsp3) is 0.0769. The lowest BCUT2D eigenvalue weighted by atomic mass is 10.2. The number of rotatable bonds is 2. The standard InChI is InChI=1S/C13H11F2NO/c1-8-4-2-3-5-11(8)17-12-7-9(14)6-10(15)13(12)16/h2-7H,16H2,1H3. The highest BCUT2D eigenvalue weighted by atomic mass is 19.1. The molecule has 0 fully saturated rings. The smallest absolute Gasteiger partial charge is 0.156 e. The zero-order chi connectivity index (χ0) is 12.4. The van der Waals surface area contributed by atoms with Crippen molar-refractivity contribution in [3.05, 3.63) is 53.6 Å². The van der Waals surface area contributed by atoms with Crippen LogP contribution in [0, 0.1) is 18.6 Å². The fourth-order valence-corrected chi connectivity index (χ4v) is 1.44. The van der Waals surface area contributed by atoms with Crippen molar-refractivity contribution >= 4 is 5.69 Å². The maximum Gasteiger partial charge on any atom is 0.156 e. The molecule has 0 aromatic heterocycles. The quantitative estimate of drug-likeness (QED) is 0.806. The number of halogens is 2. The van der Waals surface area contributed by atoms with Crippen LogP contribution in [0.5, 0.6) is 11.5 Å². The number of anilines is 1. The lowest BCUT2D eigenvalue weighted by molar-refractivity contribution is 0.469. The van der Waals surface area contributed by atoms with Gasteiger partial charge in [-0.05, 0) is 18.6 Å². The molecule has 0 saturated heterocycles. The van der Waals surface area contributed by atoms with Crippen molar-refractivity contribution in [1.29, 1.82) is 0 Å². The monoisotopic (exact) mass is 235 g/mol. The van der Waals surface area contributed by atoms with Gasteiger partial charge in [0.2, 0.25) is 0 Å². The molecule has 17 heavy (non-hydrogen) atoms. The van der Waals surface area contributed by atoms with Gasteiger partial charge in [0.1, 0.15) is 17.3 Å². The average molecular weight is 235 g/mol. The molecule has 0 aliphatic carbocycles. The Hall–Kier alpha value is -2.10. The van der Waals surface area contributed by atoms with Crippen LogP contribution in [0.15, 0.2) is 36.4 Å². The molecule has 0 spiro atoms. The Morgan fingerprint density at radius 3 is 2.47 bits per heavy atom. The van der Waals surface area contributed by atoms with Crippen LogP contribution in [0.2, 0.25) is 0 Å². The van der Waals surface area contributed by atoms with Crippen molar-refractivity contribution < 1.29 is 13.5 Å². The highest BCUT2D eigenvalue weighted by Crippen LogP contribution is 2.31. The lowest BCUT2D eigenvalue weighted by Crippen LogP contribution is -1.97. The lowest BCUT2D eigenvalue weighted by Gasteiger charge is -2.11. The van der Waals surface area contributed by atoms with E-state index in [4.69, 9.17) is 10.5 Å². The van der Waals surface area contributed by atoms with Gasteiger partial charge in [-0.3, -0.25) is 0 Å². The first-order chi connectivity index (χ1) is 8.08. The van der Waals surface area contributed by atoms with Crippen molar-refractivity contribution in [2.75, 3.05) is 5.73 Å². The van der Waals surface area contributed by atoms with Crippen molar-refractivity contribution in [2.24, 2.45) is 0 Å². The van der Waals surface area contributed by atoms with Gasteiger partial charge in [-0.2, -0.15) is 0 Å². The summed E-state index contributed by atoms with van der Waals surface area (Å²) >= 11 is 0. The molecule has 2 aromatic rings. The summed E-state index contributed by atoms with van der Waals surface area (Å²) in [7, 11) is 0. The van der Waals surface area contributed by atoms with E-state index in [-0.39, 0.29) is 11.4 Å². The third kappa shape index (κ3) is 2.36. The number of nitrogens with two attached hydrogens (primary N) is 1. The fourth-order valence-electron chi connectivity index (χ4n) is 1.44. The Bertz CT molecular complexity index is 555. The van der Waals surface area contributed by atoms with Crippen LogP contribution in [0.25, 0.3) is 0 Å². The van der Waals surface area contributed by atoms with Crippen LogP contribution in [-0.4, -0.2) is 0 Å². The molecule has 0 amide bonds. The van der Waals surface area contributed by atoms with E-state index < -0.39 is 11.6 Å². The Labute approximate surface area is 97.6 Å². The minimum Gasteiger partial charge on any atom is -0.455 e. The normalized spacial score (nSPS) is 10.3. The number of ether oxygens (including phenoxy) is 1. The summed E-state index contributed by atoms with van der Waals surface area (Å²) in [4.78, 5) is 0. The average Bonchev–Trinajstić information content (AvgIpc) is 2.28. The Kier molecular flexibility index (Phi) is 2.95. The summed E-state index contributed by atoms with van der Waals surface area (Å²) in [5, 5.41) is 0. The maximum atomic E-state index is 13.2. The SMILES string of the molecule is Cc1ccccc1Oc1cc(F)cc(F)c1N. The number of benzene rings is 2. The summed E-state index contributed by atoms with van der Waals surface area (Å²) in [6.07, 6.45) is 0. The van der Waals surface area contributed by atoms with Gasteiger partial charge < -0.3 is 10.5 Å². The molecule has 2 N–H and O–H groups in total. The van der Waals surface area contributed by atoms with Crippen LogP contribution in [0.1, 0.15) is 5.56 Å². The van der Waals surface area contributed by atoms with E-state index in [0.717, 1.165) is 17.7 Å². The molecule has 2 rings (SSSR count). The van der Waals surface area contributed by atoms with E-state index in [0.29, 0.717) is 5.75 Å². The molecule has 4 heteroatoms. The number of nitrogen functional groups attached to an aromatic ring is 1. The maximum absolute atomic E-state index is 13.2. The molecule has 2 nitrogen and oxygen atoms in total. The molecule has 0 radical (unpaired) electrons. The first-order valence-electron chi connectivity index (χ1n) is 5.06. The van der Waals surface area contributed by atoms with E-state index in [9.17, 15) is 8.78 Å². The Balaban J connectivity index is 2.40. The highest BCUT2D eigenvalue weighted by molar-refractivity contribution is 5.55. The van der Waals surface area contributed by atoms with Gasteiger partial charge >= 0.3 is 0 Å². The number of para-hydroxylation sites is 1. The molecule has 0 aliphatic rings. The highest BCUT2D eigenvalue weighted by Gasteiger charge is 2.11. The van der Waals surface area contributed by atoms with Gasteiger partial charge in [0, 0.05) is 12.1 Å². The molecule has 0 bridgehead atoms. The largest absolute Gasteiger partial charge is 0.455 e. The second-order valence-electron chi connectivity index (χ2n) is 3.67. The minimum atomic E-state index is -0.825. The predicted molar refractivity (Wildman–Crippen MR) is 62.0 cm³/mol. The molecule has 2 aromatic carbocycles. The van der Waals surface area contributed by atoms with Crippen LogP contribution in [0.4, 0.5) is 14.5 Å². The van der Waals surface area contributed by atoms with Crippen LogP contribution in [0.3, 0.4) is 0 Å². The van der Waals surface area contributed by atoms with E-state index >= 15 is 0 Å². The first kappa shape index (κ1) is 11.4. The summed E-state index contributed by atoms with van der Waals surface area (Å²) in [6, 6.07) is 8.94. The van der Waals surface area contributed by atoms with Gasteiger partial charge in [0.15, 0.2) is 11.6 Å². The van der Waals surface area contributed by atoms with E-state index in [1.165, 1.54) is 0 Å². The van der Waals surface area contributed by atoms with Crippen molar-refractivity contribution in [3.63, 3.8) is 0 Å². The van der Waals surface area contributed by atoms with Gasteiger partial charge in [-0.15, -0.1) is 0 Å². The second kappa shape index (κ2) is 4.41. The zero-order valence-electron chi connectivity index (χ0n) is 9.21. The third-order valence-electron chi connectivity index (χ3n) is 2.37. The summed E-state index contributed by atoms with van der Waals surface area (Å²) < 4.78 is 31.6. The van der Waals surface area contributed by atoms with Crippen molar-refractivity contribution in [1.82, 2.24) is 0 Å². The Morgan fingerprint density at radius 2 is 1.76 bits per heavy atom. The molecular formula is C13H11F2NO.